The highest BCUT2D eigenvalue weighted by Crippen LogP contribution is 2.24. The Kier molecular flexibility index (Phi) is 4.42. The predicted octanol–water partition coefficient (Wildman–Crippen LogP) is 1.89. The van der Waals surface area contributed by atoms with Gasteiger partial charge in [0, 0.05) is 25.3 Å². The lowest BCUT2D eigenvalue weighted by Gasteiger charge is -2.28. The van der Waals surface area contributed by atoms with Gasteiger partial charge >= 0.3 is 0 Å². The molecule has 0 spiro atoms. The van der Waals surface area contributed by atoms with Gasteiger partial charge in [0.2, 0.25) is 0 Å². The number of aliphatic hydroxyl groups excluding tert-OH is 1. The van der Waals surface area contributed by atoms with E-state index in [4.69, 9.17) is 5.11 Å². The Bertz CT molecular complexity index is 394. The Balaban J connectivity index is 2.17. The molecular weight excluding hydrogens is 228 g/mol. The molecule has 1 N–H and O–H groups in total. The number of hydrogen-bond donors (Lipinski definition) is 1. The second-order valence-electron chi connectivity index (χ2n) is 4.84. The van der Waals surface area contributed by atoms with E-state index in [1.54, 1.807) is 0 Å². The number of aromatic nitrogens is 1. The maximum atomic E-state index is 12.6. The summed E-state index contributed by atoms with van der Waals surface area (Å²) in [6, 6.07) is 4.08. The predicted molar refractivity (Wildman–Crippen MR) is 70.5 cm³/mol. The molecule has 1 aliphatic rings. The fraction of sp³-hybridized carbons (Fsp3) is 0.643. The topological polar surface area (TPSA) is 45.5 Å². The van der Waals surface area contributed by atoms with E-state index >= 15 is 0 Å². The van der Waals surface area contributed by atoms with Crippen LogP contribution in [0.4, 0.5) is 0 Å². The zero-order chi connectivity index (χ0) is 13.0. The Morgan fingerprint density at radius 3 is 2.83 bits per heavy atom. The van der Waals surface area contributed by atoms with Gasteiger partial charge in [-0.15, -0.1) is 0 Å². The van der Waals surface area contributed by atoms with Crippen molar-refractivity contribution < 1.29 is 9.90 Å². The van der Waals surface area contributed by atoms with Crippen LogP contribution in [0.3, 0.4) is 0 Å². The minimum absolute atomic E-state index is 0.0368. The summed E-state index contributed by atoms with van der Waals surface area (Å²) in [6.07, 6.45) is 6.44. The highest BCUT2D eigenvalue weighted by molar-refractivity contribution is 5.93. The van der Waals surface area contributed by atoms with E-state index in [2.05, 4.69) is 0 Å². The zero-order valence-corrected chi connectivity index (χ0v) is 11.0. The molecule has 0 radical (unpaired) electrons. The van der Waals surface area contributed by atoms with E-state index in [1.165, 1.54) is 12.8 Å². The number of carbonyl (C=O) groups excluding carboxylic acids is 1. The van der Waals surface area contributed by atoms with Crippen molar-refractivity contribution in [2.24, 2.45) is 0 Å². The lowest BCUT2D eigenvalue weighted by Crippen LogP contribution is -2.41. The van der Waals surface area contributed by atoms with Crippen molar-refractivity contribution >= 4 is 5.91 Å². The molecule has 1 fully saturated rings. The van der Waals surface area contributed by atoms with Gasteiger partial charge in [-0.1, -0.05) is 12.8 Å². The van der Waals surface area contributed by atoms with Crippen molar-refractivity contribution in [2.75, 3.05) is 13.2 Å². The van der Waals surface area contributed by atoms with Crippen LogP contribution in [0.2, 0.25) is 0 Å². The number of carbonyl (C=O) groups is 1. The quantitative estimate of drug-likeness (QED) is 0.867. The zero-order valence-electron chi connectivity index (χ0n) is 11.0. The van der Waals surface area contributed by atoms with Crippen LogP contribution in [0.25, 0.3) is 0 Å². The van der Waals surface area contributed by atoms with Crippen LogP contribution < -0.4 is 0 Å². The number of hydrogen-bond acceptors (Lipinski definition) is 2. The molecule has 1 amide bonds. The molecule has 2 rings (SSSR count). The molecule has 1 aliphatic carbocycles. The normalized spacial score (nSPS) is 16.1. The summed E-state index contributed by atoms with van der Waals surface area (Å²) in [5, 5.41) is 9.17. The molecule has 1 aromatic rings. The fourth-order valence-corrected chi connectivity index (χ4v) is 2.80. The third-order valence-electron chi connectivity index (χ3n) is 3.76. The Morgan fingerprint density at radius 1 is 1.50 bits per heavy atom. The van der Waals surface area contributed by atoms with Gasteiger partial charge in [0.15, 0.2) is 0 Å². The largest absolute Gasteiger partial charge is 0.395 e. The Morgan fingerprint density at radius 2 is 2.22 bits per heavy atom. The standard InChI is InChI=1S/C14H22N2O2/c1-2-15-9-5-8-13(15)14(18)16(10-11-17)12-6-3-4-7-12/h5,8-9,12,17H,2-4,6-7,10-11H2,1H3. The summed E-state index contributed by atoms with van der Waals surface area (Å²) in [7, 11) is 0. The molecule has 4 heteroatoms. The molecule has 1 heterocycles. The third-order valence-corrected chi connectivity index (χ3v) is 3.76. The lowest BCUT2D eigenvalue weighted by molar-refractivity contribution is 0.0627. The van der Waals surface area contributed by atoms with Gasteiger partial charge in [-0.2, -0.15) is 0 Å². The molecule has 1 saturated carbocycles. The Labute approximate surface area is 108 Å². The molecule has 0 aromatic carbocycles. The first kappa shape index (κ1) is 13.1. The van der Waals surface area contributed by atoms with Gasteiger partial charge in [0.05, 0.1) is 6.61 Å². The van der Waals surface area contributed by atoms with E-state index < -0.39 is 0 Å². The number of amides is 1. The summed E-state index contributed by atoms with van der Waals surface area (Å²) < 4.78 is 1.96. The van der Waals surface area contributed by atoms with Crippen molar-refractivity contribution in [3.63, 3.8) is 0 Å². The average molecular weight is 250 g/mol. The van der Waals surface area contributed by atoms with Gasteiger partial charge in [-0.05, 0) is 31.9 Å². The monoisotopic (exact) mass is 250 g/mol. The van der Waals surface area contributed by atoms with Crippen molar-refractivity contribution in [3.05, 3.63) is 24.0 Å². The maximum absolute atomic E-state index is 12.6. The molecule has 0 unspecified atom stereocenters. The van der Waals surface area contributed by atoms with Crippen molar-refractivity contribution in [1.29, 1.82) is 0 Å². The fourth-order valence-electron chi connectivity index (χ4n) is 2.80. The molecular formula is C14H22N2O2. The van der Waals surface area contributed by atoms with Crippen molar-refractivity contribution in [2.45, 2.75) is 45.2 Å². The van der Waals surface area contributed by atoms with E-state index in [9.17, 15) is 4.79 Å². The first-order chi connectivity index (χ1) is 8.77. The molecule has 1 aromatic heterocycles. The van der Waals surface area contributed by atoms with Gasteiger partial charge in [0.25, 0.3) is 5.91 Å². The molecule has 0 bridgehead atoms. The van der Waals surface area contributed by atoms with Crippen molar-refractivity contribution in [3.8, 4) is 0 Å². The van der Waals surface area contributed by atoms with Crippen LogP contribution in [-0.4, -0.2) is 39.7 Å². The van der Waals surface area contributed by atoms with Crippen LogP contribution in [0.5, 0.6) is 0 Å². The van der Waals surface area contributed by atoms with Crippen LogP contribution in [-0.2, 0) is 6.54 Å². The summed E-state index contributed by atoms with van der Waals surface area (Å²) in [4.78, 5) is 14.4. The van der Waals surface area contributed by atoms with E-state index in [1.807, 2.05) is 34.7 Å². The molecule has 100 valence electrons. The number of aryl methyl sites for hydroxylation is 1. The molecule has 0 saturated heterocycles. The molecule has 4 nitrogen and oxygen atoms in total. The van der Waals surface area contributed by atoms with Gasteiger partial charge in [-0.3, -0.25) is 4.79 Å². The third kappa shape index (κ3) is 2.58. The van der Waals surface area contributed by atoms with Crippen molar-refractivity contribution in [1.82, 2.24) is 9.47 Å². The highest BCUT2D eigenvalue weighted by Gasteiger charge is 2.28. The van der Waals surface area contributed by atoms with Crippen LogP contribution >= 0.6 is 0 Å². The minimum atomic E-state index is 0.0368. The maximum Gasteiger partial charge on any atom is 0.270 e. The first-order valence-corrected chi connectivity index (χ1v) is 6.85. The molecule has 0 aliphatic heterocycles. The van der Waals surface area contributed by atoms with Crippen LogP contribution in [0, 0.1) is 0 Å². The van der Waals surface area contributed by atoms with E-state index in [-0.39, 0.29) is 12.5 Å². The van der Waals surface area contributed by atoms with E-state index in [0.717, 1.165) is 25.1 Å². The average Bonchev–Trinajstić information content (AvgIpc) is 3.05. The SMILES string of the molecule is CCn1cccc1C(=O)N(CCO)C1CCCC1. The van der Waals surface area contributed by atoms with Crippen LogP contribution in [0.1, 0.15) is 43.1 Å². The van der Waals surface area contributed by atoms with Gasteiger partial charge < -0.3 is 14.6 Å². The second-order valence-corrected chi connectivity index (χ2v) is 4.84. The summed E-state index contributed by atoms with van der Waals surface area (Å²) in [5.74, 6) is 0.0581. The molecule has 18 heavy (non-hydrogen) atoms. The van der Waals surface area contributed by atoms with Gasteiger partial charge in [0.1, 0.15) is 5.69 Å². The lowest BCUT2D eigenvalue weighted by atomic mass is 10.2. The Hall–Kier alpha value is -1.29. The van der Waals surface area contributed by atoms with Gasteiger partial charge in [-0.25, -0.2) is 0 Å². The highest BCUT2D eigenvalue weighted by atomic mass is 16.3. The van der Waals surface area contributed by atoms with Crippen LogP contribution in [0.15, 0.2) is 18.3 Å². The number of nitrogens with zero attached hydrogens (tertiary/aromatic N) is 2. The second kappa shape index (κ2) is 6.05. The summed E-state index contributed by atoms with van der Waals surface area (Å²) in [6.45, 7) is 3.31. The molecule has 0 atom stereocenters. The smallest absolute Gasteiger partial charge is 0.270 e. The minimum Gasteiger partial charge on any atom is -0.395 e. The number of aliphatic hydroxyl groups is 1. The summed E-state index contributed by atoms with van der Waals surface area (Å²) in [5.41, 5.74) is 0.734. The summed E-state index contributed by atoms with van der Waals surface area (Å²) >= 11 is 0. The van der Waals surface area contributed by atoms with E-state index in [0.29, 0.717) is 12.6 Å². The first-order valence-electron chi connectivity index (χ1n) is 6.85. The number of rotatable bonds is 5.